The Morgan fingerprint density at radius 1 is 1.47 bits per heavy atom. The third kappa shape index (κ3) is 4.78. The Balaban J connectivity index is 2.65. The minimum absolute atomic E-state index is 0.101. The molecular formula is C11H16N4O4. The van der Waals surface area contributed by atoms with Crippen LogP contribution in [0.5, 0.6) is 5.88 Å². The maximum atomic E-state index is 11.7. The number of rotatable bonds is 5. The smallest absolute Gasteiger partial charge is 0.323 e. The summed E-state index contributed by atoms with van der Waals surface area (Å²) < 4.78 is 4.96. The average Bonchev–Trinajstić information content (AvgIpc) is 2.34. The minimum Gasteiger partial charge on any atom is -0.481 e. The molecule has 0 unspecified atom stereocenters. The van der Waals surface area contributed by atoms with Crippen LogP contribution in [0, 0.1) is 6.92 Å². The van der Waals surface area contributed by atoms with Crippen LogP contribution >= 0.6 is 0 Å². The molecule has 0 radical (unpaired) electrons. The predicted molar refractivity (Wildman–Crippen MR) is 67.2 cm³/mol. The van der Waals surface area contributed by atoms with Gasteiger partial charge in [-0.2, -0.15) is 4.98 Å². The van der Waals surface area contributed by atoms with Gasteiger partial charge in [-0.25, -0.2) is 9.78 Å². The van der Waals surface area contributed by atoms with Gasteiger partial charge >= 0.3 is 12.0 Å². The summed E-state index contributed by atoms with van der Waals surface area (Å²) in [7, 11) is 2.96. The number of anilines is 1. The van der Waals surface area contributed by atoms with Crippen molar-refractivity contribution >= 4 is 17.9 Å². The van der Waals surface area contributed by atoms with Crippen LogP contribution in [0.15, 0.2) is 6.07 Å². The monoisotopic (exact) mass is 268 g/mol. The van der Waals surface area contributed by atoms with E-state index in [1.165, 1.54) is 19.1 Å². The molecule has 8 nitrogen and oxygen atoms in total. The first-order chi connectivity index (χ1) is 8.92. The van der Waals surface area contributed by atoms with Crippen molar-refractivity contribution in [2.75, 3.05) is 26.0 Å². The number of ether oxygens (including phenoxy) is 1. The number of aliphatic carboxylic acids is 1. The molecule has 0 aliphatic heterocycles. The van der Waals surface area contributed by atoms with Crippen molar-refractivity contribution in [2.24, 2.45) is 0 Å². The first-order valence-electron chi connectivity index (χ1n) is 5.56. The van der Waals surface area contributed by atoms with E-state index in [2.05, 4.69) is 15.3 Å². The summed E-state index contributed by atoms with van der Waals surface area (Å²) in [6.45, 7) is 1.85. The fourth-order valence-electron chi connectivity index (χ4n) is 1.26. The summed E-state index contributed by atoms with van der Waals surface area (Å²) in [5.41, 5.74) is 0.648. The van der Waals surface area contributed by atoms with E-state index in [-0.39, 0.29) is 18.9 Å². The van der Waals surface area contributed by atoms with Gasteiger partial charge < -0.3 is 14.7 Å². The lowest BCUT2D eigenvalue weighted by Crippen LogP contribution is -2.33. The number of carboxylic acids is 1. The molecule has 0 saturated heterocycles. The van der Waals surface area contributed by atoms with Gasteiger partial charge in [-0.05, 0) is 6.92 Å². The van der Waals surface area contributed by atoms with Crippen LogP contribution in [0.2, 0.25) is 0 Å². The molecule has 0 spiro atoms. The molecule has 0 saturated carbocycles. The summed E-state index contributed by atoms with van der Waals surface area (Å²) >= 11 is 0. The zero-order chi connectivity index (χ0) is 14.4. The number of carbonyl (C=O) groups is 2. The number of hydrogen-bond donors (Lipinski definition) is 2. The number of carboxylic acid groups (broad SMARTS) is 1. The standard InChI is InChI=1S/C11H16N4O4/c1-7-6-8(19-3)13-10(12-7)14-11(18)15(2)5-4-9(16)17/h6H,4-5H2,1-3H3,(H,16,17)(H,12,13,14,18). The number of methoxy groups -OCH3 is 1. The summed E-state index contributed by atoms with van der Waals surface area (Å²) in [5, 5.41) is 11.0. The summed E-state index contributed by atoms with van der Waals surface area (Å²) in [6, 6.07) is 1.15. The first-order valence-corrected chi connectivity index (χ1v) is 5.56. The van der Waals surface area contributed by atoms with Gasteiger partial charge in [-0.3, -0.25) is 10.1 Å². The van der Waals surface area contributed by atoms with E-state index in [0.717, 1.165) is 0 Å². The highest BCUT2D eigenvalue weighted by Crippen LogP contribution is 2.11. The molecular weight excluding hydrogens is 252 g/mol. The third-order valence-electron chi connectivity index (χ3n) is 2.27. The fraction of sp³-hybridized carbons (Fsp3) is 0.455. The van der Waals surface area contributed by atoms with Gasteiger partial charge in [0.05, 0.1) is 13.5 Å². The molecule has 1 heterocycles. The molecule has 1 aromatic heterocycles. The number of aromatic nitrogens is 2. The lowest BCUT2D eigenvalue weighted by Gasteiger charge is -2.16. The topological polar surface area (TPSA) is 105 Å². The van der Waals surface area contributed by atoms with Gasteiger partial charge in [-0.1, -0.05) is 0 Å². The number of aryl methyl sites for hydroxylation is 1. The Hall–Kier alpha value is -2.38. The maximum Gasteiger partial charge on any atom is 0.323 e. The summed E-state index contributed by atoms with van der Waals surface area (Å²) in [5.74, 6) is -0.506. The molecule has 19 heavy (non-hydrogen) atoms. The Kier molecular flexibility index (Phi) is 5.04. The molecule has 1 rings (SSSR count). The van der Waals surface area contributed by atoms with Crippen molar-refractivity contribution in [3.63, 3.8) is 0 Å². The number of hydrogen-bond acceptors (Lipinski definition) is 5. The van der Waals surface area contributed by atoms with Gasteiger partial charge in [0.15, 0.2) is 0 Å². The van der Waals surface area contributed by atoms with Gasteiger partial charge in [0.2, 0.25) is 11.8 Å². The second-order valence-electron chi connectivity index (χ2n) is 3.87. The molecule has 0 bridgehead atoms. The van der Waals surface area contributed by atoms with Crippen molar-refractivity contribution < 1.29 is 19.4 Å². The molecule has 104 valence electrons. The molecule has 8 heteroatoms. The number of urea groups is 1. The lowest BCUT2D eigenvalue weighted by molar-refractivity contribution is -0.137. The first kappa shape index (κ1) is 14.7. The van der Waals surface area contributed by atoms with Crippen LogP contribution in [-0.2, 0) is 4.79 Å². The Morgan fingerprint density at radius 2 is 2.16 bits per heavy atom. The van der Waals surface area contributed by atoms with Gasteiger partial charge in [-0.15, -0.1) is 0 Å². The van der Waals surface area contributed by atoms with Crippen LogP contribution in [0.25, 0.3) is 0 Å². The maximum absolute atomic E-state index is 11.7. The zero-order valence-corrected chi connectivity index (χ0v) is 11.0. The van der Waals surface area contributed by atoms with Crippen LogP contribution in [0.1, 0.15) is 12.1 Å². The van der Waals surface area contributed by atoms with Gasteiger partial charge in [0.25, 0.3) is 0 Å². The SMILES string of the molecule is COc1cc(C)nc(NC(=O)N(C)CCC(=O)O)n1. The van der Waals surface area contributed by atoms with Crippen molar-refractivity contribution in [3.8, 4) is 5.88 Å². The van der Waals surface area contributed by atoms with Crippen LogP contribution in [-0.4, -0.2) is 52.7 Å². The summed E-state index contributed by atoms with van der Waals surface area (Å²) in [4.78, 5) is 31.4. The molecule has 2 amide bonds. The second kappa shape index (κ2) is 6.53. The molecule has 2 N–H and O–H groups in total. The number of carbonyl (C=O) groups excluding carboxylic acids is 1. The summed E-state index contributed by atoms with van der Waals surface area (Å²) in [6.07, 6.45) is -0.123. The quantitative estimate of drug-likeness (QED) is 0.815. The van der Waals surface area contributed by atoms with Crippen molar-refractivity contribution in [2.45, 2.75) is 13.3 Å². The average molecular weight is 268 g/mol. The van der Waals surface area contributed by atoms with Crippen LogP contribution < -0.4 is 10.1 Å². The number of amides is 2. The lowest BCUT2D eigenvalue weighted by atomic mass is 10.4. The number of nitrogens with zero attached hydrogens (tertiary/aromatic N) is 3. The molecule has 0 aliphatic rings. The Bertz CT molecular complexity index is 478. The van der Waals surface area contributed by atoms with Crippen LogP contribution in [0.3, 0.4) is 0 Å². The van der Waals surface area contributed by atoms with E-state index < -0.39 is 12.0 Å². The van der Waals surface area contributed by atoms with E-state index in [1.807, 2.05) is 0 Å². The predicted octanol–water partition coefficient (Wildman–Crippen LogP) is 0.732. The highest BCUT2D eigenvalue weighted by Gasteiger charge is 2.12. The third-order valence-corrected chi connectivity index (χ3v) is 2.27. The van der Waals surface area contributed by atoms with Crippen molar-refractivity contribution in [3.05, 3.63) is 11.8 Å². The minimum atomic E-state index is -0.965. The molecule has 0 aliphatic carbocycles. The van der Waals surface area contributed by atoms with Gasteiger partial charge in [0, 0.05) is 25.4 Å². The highest BCUT2D eigenvalue weighted by atomic mass is 16.5. The highest BCUT2D eigenvalue weighted by molar-refractivity contribution is 5.87. The van der Waals surface area contributed by atoms with E-state index in [0.29, 0.717) is 11.6 Å². The van der Waals surface area contributed by atoms with Crippen LogP contribution in [0.4, 0.5) is 10.7 Å². The van der Waals surface area contributed by atoms with E-state index in [1.54, 1.807) is 13.0 Å². The van der Waals surface area contributed by atoms with E-state index >= 15 is 0 Å². The fourth-order valence-corrected chi connectivity index (χ4v) is 1.26. The second-order valence-corrected chi connectivity index (χ2v) is 3.87. The molecule has 1 aromatic rings. The molecule has 0 atom stereocenters. The van der Waals surface area contributed by atoms with Gasteiger partial charge in [0.1, 0.15) is 0 Å². The number of nitrogens with one attached hydrogen (secondary N) is 1. The largest absolute Gasteiger partial charge is 0.481 e. The van der Waals surface area contributed by atoms with E-state index in [4.69, 9.17) is 9.84 Å². The van der Waals surface area contributed by atoms with E-state index in [9.17, 15) is 9.59 Å². The molecule has 0 fully saturated rings. The van der Waals surface area contributed by atoms with Crippen molar-refractivity contribution in [1.82, 2.24) is 14.9 Å². The van der Waals surface area contributed by atoms with Crippen molar-refractivity contribution in [1.29, 1.82) is 0 Å². The zero-order valence-electron chi connectivity index (χ0n) is 11.0. The Morgan fingerprint density at radius 3 is 2.74 bits per heavy atom. The molecule has 0 aromatic carbocycles. The Labute approximate surface area is 110 Å². The normalized spacial score (nSPS) is 9.84.